The lowest BCUT2D eigenvalue weighted by atomic mass is 10.0. The summed E-state index contributed by atoms with van der Waals surface area (Å²) in [4.78, 5) is 19.4. The molecule has 0 fully saturated rings. The number of hydrogen-bond donors (Lipinski definition) is 2. The van der Waals surface area contributed by atoms with Crippen LogP contribution < -0.4 is 4.90 Å². The van der Waals surface area contributed by atoms with Gasteiger partial charge in [0.15, 0.2) is 0 Å². The first-order valence-electron chi connectivity index (χ1n) is 7.67. The highest BCUT2D eigenvalue weighted by molar-refractivity contribution is 9.11. The molecule has 1 aromatic heterocycles. The maximum absolute atomic E-state index is 12.3. The lowest BCUT2D eigenvalue weighted by Gasteiger charge is -2.19. The Bertz CT molecular complexity index is 864. The van der Waals surface area contributed by atoms with Gasteiger partial charge in [-0.1, -0.05) is 15.9 Å². The van der Waals surface area contributed by atoms with Crippen molar-refractivity contribution in [1.82, 2.24) is 0 Å². The fourth-order valence-electron chi connectivity index (χ4n) is 2.82. The van der Waals surface area contributed by atoms with Gasteiger partial charge >= 0.3 is 5.97 Å². The molecule has 0 spiro atoms. The third-order valence-electron chi connectivity index (χ3n) is 4.10. The Morgan fingerprint density at radius 3 is 2.92 bits per heavy atom. The fraction of sp³-hybridized carbons (Fsp3) is 0.294. The molecule has 0 amide bonds. The number of quaternary nitrogens is 1. The van der Waals surface area contributed by atoms with E-state index < -0.39 is 0 Å². The number of esters is 1. The van der Waals surface area contributed by atoms with Crippen molar-refractivity contribution in [3.8, 4) is 5.75 Å². The zero-order valence-corrected chi connectivity index (χ0v) is 17.7. The Balaban J connectivity index is 2.04. The van der Waals surface area contributed by atoms with E-state index in [0.29, 0.717) is 20.6 Å². The highest BCUT2D eigenvalue weighted by Gasteiger charge is 2.29. The average Bonchev–Trinajstić information content (AvgIpc) is 2.93. The summed E-state index contributed by atoms with van der Waals surface area (Å²) < 4.78 is 6.36. The molecule has 2 aromatic rings. The summed E-state index contributed by atoms with van der Waals surface area (Å²) in [5.74, 6) is -0.249. The summed E-state index contributed by atoms with van der Waals surface area (Å²) >= 11 is 8.23. The predicted molar refractivity (Wildman–Crippen MR) is 106 cm³/mol. The van der Waals surface area contributed by atoms with E-state index in [0.717, 1.165) is 29.5 Å². The van der Waals surface area contributed by atoms with Crippen LogP contribution in [0, 0.1) is 0 Å². The molecule has 5 nitrogen and oxygen atoms in total. The van der Waals surface area contributed by atoms with Crippen molar-refractivity contribution in [3.05, 3.63) is 42.6 Å². The third kappa shape index (κ3) is 3.81. The number of methoxy groups -OCH3 is 1. The number of aliphatic imine (C=N–C) groups is 1. The Morgan fingerprint density at radius 2 is 2.20 bits per heavy atom. The van der Waals surface area contributed by atoms with E-state index in [-0.39, 0.29) is 11.7 Å². The zero-order chi connectivity index (χ0) is 18.1. The first kappa shape index (κ1) is 18.6. The molecule has 0 aliphatic carbocycles. The van der Waals surface area contributed by atoms with Crippen molar-refractivity contribution in [1.29, 1.82) is 0 Å². The smallest absolute Gasteiger partial charge is 0.341 e. The molecule has 1 aliphatic rings. The number of carbonyl (C=O) groups is 1. The van der Waals surface area contributed by atoms with Crippen molar-refractivity contribution in [2.45, 2.75) is 13.0 Å². The molecule has 3 rings (SSSR count). The van der Waals surface area contributed by atoms with Gasteiger partial charge in [-0.25, -0.2) is 9.79 Å². The second-order valence-electron chi connectivity index (χ2n) is 5.89. The molecule has 0 radical (unpaired) electrons. The van der Waals surface area contributed by atoms with Crippen LogP contribution in [0.15, 0.2) is 26.1 Å². The molecule has 0 bridgehead atoms. The molecule has 2 heterocycles. The molecule has 0 saturated heterocycles. The van der Waals surface area contributed by atoms with Crippen LogP contribution in [0.5, 0.6) is 5.75 Å². The molecule has 132 valence electrons. The predicted octanol–water partition coefficient (Wildman–Crippen LogP) is 3.09. The number of hydrogen-bond acceptors (Lipinski definition) is 5. The highest BCUT2D eigenvalue weighted by Crippen LogP contribution is 2.38. The summed E-state index contributed by atoms with van der Waals surface area (Å²) in [6.07, 6.45) is 2.41. The van der Waals surface area contributed by atoms with Gasteiger partial charge in [-0.2, -0.15) is 0 Å². The summed E-state index contributed by atoms with van der Waals surface area (Å²) in [6.45, 7) is 1.86. The van der Waals surface area contributed by atoms with Crippen molar-refractivity contribution in [3.63, 3.8) is 0 Å². The first-order chi connectivity index (χ1) is 11.9. The molecule has 1 aliphatic heterocycles. The number of likely N-dealkylation sites (N-methyl/N-ethyl adjacent to an activating group) is 1. The standard InChI is InChI=1S/C17H16Br2N2O3S/c1-21-4-3-11-13(8-21)25-16(14(11)17(23)24-2)20-7-9-5-10(18)6-12(19)15(9)22/h5-7,22H,3-4,8H2,1-2H3/p+1/b20-7+. The number of carbonyl (C=O) groups excluding carboxylic acids is 1. The maximum Gasteiger partial charge on any atom is 0.341 e. The monoisotopic (exact) mass is 487 g/mol. The van der Waals surface area contributed by atoms with Gasteiger partial charge in [-0.05, 0) is 33.6 Å². The van der Waals surface area contributed by atoms with Crippen molar-refractivity contribution in [2.24, 2.45) is 4.99 Å². The number of halogens is 2. The minimum absolute atomic E-state index is 0.108. The van der Waals surface area contributed by atoms with E-state index in [1.54, 1.807) is 18.3 Å². The summed E-state index contributed by atoms with van der Waals surface area (Å²) in [7, 11) is 3.53. The fourth-order valence-corrected chi connectivity index (χ4v) is 5.37. The van der Waals surface area contributed by atoms with Crippen LogP contribution in [0.3, 0.4) is 0 Å². The average molecular weight is 489 g/mol. The number of benzene rings is 1. The van der Waals surface area contributed by atoms with Crippen LogP contribution in [0.2, 0.25) is 0 Å². The molecule has 2 N–H and O–H groups in total. The van der Waals surface area contributed by atoms with Crippen LogP contribution >= 0.6 is 43.2 Å². The number of nitrogens with one attached hydrogen (secondary N) is 1. The molecule has 1 atom stereocenters. The van der Waals surface area contributed by atoms with Gasteiger partial charge in [0.1, 0.15) is 22.9 Å². The van der Waals surface area contributed by atoms with Gasteiger partial charge in [-0.3, -0.25) is 0 Å². The lowest BCUT2D eigenvalue weighted by Crippen LogP contribution is -3.08. The third-order valence-corrected chi connectivity index (χ3v) is 6.31. The minimum atomic E-state index is -0.358. The number of phenolic OH excluding ortho intramolecular Hbond substituents is 1. The normalized spacial score (nSPS) is 16.9. The van der Waals surface area contributed by atoms with Crippen LogP contribution in [0.4, 0.5) is 5.00 Å². The largest absolute Gasteiger partial charge is 0.506 e. The van der Waals surface area contributed by atoms with Crippen LogP contribution in [-0.2, 0) is 17.7 Å². The van der Waals surface area contributed by atoms with Gasteiger partial charge in [-0.15, -0.1) is 11.3 Å². The molecule has 1 aromatic carbocycles. The van der Waals surface area contributed by atoms with Gasteiger partial charge < -0.3 is 14.7 Å². The number of ether oxygens (including phenoxy) is 1. The van der Waals surface area contributed by atoms with E-state index in [2.05, 4.69) is 43.9 Å². The maximum atomic E-state index is 12.3. The van der Waals surface area contributed by atoms with E-state index >= 15 is 0 Å². The van der Waals surface area contributed by atoms with E-state index in [1.165, 1.54) is 28.2 Å². The van der Waals surface area contributed by atoms with Gasteiger partial charge in [0.05, 0.1) is 30.1 Å². The number of aromatic hydroxyl groups is 1. The number of nitrogens with zero attached hydrogens (tertiary/aromatic N) is 1. The van der Waals surface area contributed by atoms with E-state index in [4.69, 9.17) is 4.74 Å². The Hall–Kier alpha value is -1.22. The van der Waals surface area contributed by atoms with Gasteiger partial charge in [0.25, 0.3) is 0 Å². The lowest BCUT2D eigenvalue weighted by molar-refractivity contribution is -0.895. The Kier molecular flexibility index (Phi) is 5.62. The quantitative estimate of drug-likeness (QED) is 0.515. The van der Waals surface area contributed by atoms with E-state index in [9.17, 15) is 9.90 Å². The number of phenols is 1. The van der Waals surface area contributed by atoms with Gasteiger partial charge in [0, 0.05) is 22.7 Å². The number of fused-ring (bicyclic) bond motifs is 1. The van der Waals surface area contributed by atoms with E-state index in [1.807, 2.05) is 0 Å². The second-order valence-corrected chi connectivity index (χ2v) is 8.75. The highest BCUT2D eigenvalue weighted by atomic mass is 79.9. The van der Waals surface area contributed by atoms with Crippen molar-refractivity contribution >= 4 is 60.4 Å². The SMILES string of the molecule is COC(=O)c1c(/N=C/c2cc(Br)cc(Br)c2O)sc2c1CC[NH+](C)C2. The molecular weight excluding hydrogens is 472 g/mol. The molecular formula is C17H17Br2N2O3S+. The molecule has 8 heteroatoms. The van der Waals surface area contributed by atoms with Crippen LogP contribution in [0.25, 0.3) is 0 Å². The summed E-state index contributed by atoms with van der Waals surface area (Å²) in [6, 6.07) is 3.53. The van der Waals surface area contributed by atoms with Gasteiger partial charge in [0.2, 0.25) is 0 Å². The van der Waals surface area contributed by atoms with Crippen LogP contribution in [0.1, 0.15) is 26.4 Å². The summed E-state index contributed by atoms with van der Waals surface area (Å²) in [5.41, 5.74) is 2.17. The Labute approximate surface area is 166 Å². The Morgan fingerprint density at radius 1 is 1.44 bits per heavy atom. The second kappa shape index (κ2) is 7.57. The summed E-state index contributed by atoms with van der Waals surface area (Å²) in [5, 5.41) is 10.8. The zero-order valence-electron chi connectivity index (χ0n) is 13.7. The molecule has 1 unspecified atom stereocenters. The first-order valence-corrected chi connectivity index (χ1v) is 10.1. The minimum Gasteiger partial charge on any atom is -0.506 e. The van der Waals surface area contributed by atoms with Crippen LogP contribution in [-0.4, -0.2) is 38.0 Å². The number of rotatable bonds is 3. The molecule has 0 saturated carbocycles. The topological polar surface area (TPSA) is 63.3 Å². The number of thiophene rings is 1. The van der Waals surface area contributed by atoms with Crippen molar-refractivity contribution in [2.75, 3.05) is 20.7 Å². The molecule has 25 heavy (non-hydrogen) atoms. The van der Waals surface area contributed by atoms with Crippen molar-refractivity contribution < 1.29 is 19.5 Å².